The summed E-state index contributed by atoms with van der Waals surface area (Å²) >= 11 is 0. The zero-order valence-electron chi connectivity index (χ0n) is 14.5. The molecule has 0 saturated heterocycles. The fourth-order valence-corrected chi connectivity index (χ4v) is 3.48. The number of nitrogens with zero attached hydrogens (tertiary/aromatic N) is 2. The molecule has 1 aromatic carbocycles. The van der Waals surface area contributed by atoms with Gasteiger partial charge in [-0.05, 0) is 43.2 Å². The molecule has 1 unspecified atom stereocenters. The van der Waals surface area contributed by atoms with Crippen LogP contribution in [0.15, 0.2) is 47.1 Å². The first-order valence-electron chi connectivity index (χ1n) is 8.54. The van der Waals surface area contributed by atoms with Gasteiger partial charge in [-0.3, -0.25) is 9.78 Å². The summed E-state index contributed by atoms with van der Waals surface area (Å²) < 4.78 is 6.02. The average Bonchev–Trinajstić information content (AvgIpc) is 2.99. The zero-order chi connectivity index (χ0) is 17.4. The number of furan rings is 1. The van der Waals surface area contributed by atoms with Gasteiger partial charge in [0.05, 0.1) is 0 Å². The number of carbonyl (C=O) groups is 1. The highest BCUT2D eigenvalue weighted by molar-refractivity contribution is 5.98. The molecule has 25 heavy (non-hydrogen) atoms. The van der Waals surface area contributed by atoms with E-state index < -0.39 is 0 Å². The van der Waals surface area contributed by atoms with Gasteiger partial charge in [0.2, 0.25) is 0 Å². The molecule has 1 aliphatic rings. The topological polar surface area (TPSA) is 58.4 Å². The third-order valence-electron chi connectivity index (χ3n) is 4.75. The van der Waals surface area contributed by atoms with E-state index in [-0.39, 0.29) is 5.91 Å². The molecule has 0 spiro atoms. The van der Waals surface area contributed by atoms with Crippen LogP contribution in [0.25, 0.3) is 11.0 Å². The van der Waals surface area contributed by atoms with E-state index in [1.165, 1.54) is 5.56 Å². The number of rotatable bonds is 3. The lowest BCUT2D eigenvalue weighted by atomic mass is 9.91. The molecule has 2 aromatic heterocycles. The fraction of sp³-hybridized carbons (Fsp3) is 0.300. The minimum absolute atomic E-state index is 0.0131. The largest absolute Gasteiger partial charge is 0.461 e. The van der Waals surface area contributed by atoms with Crippen LogP contribution in [0.1, 0.15) is 28.1 Å². The fourth-order valence-electron chi connectivity index (χ4n) is 3.48. The molecular weight excluding hydrogens is 314 g/mol. The van der Waals surface area contributed by atoms with Crippen LogP contribution in [0.4, 0.5) is 5.69 Å². The van der Waals surface area contributed by atoms with E-state index in [1.807, 2.05) is 30.3 Å². The number of pyridine rings is 1. The van der Waals surface area contributed by atoms with Crippen LogP contribution in [-0.4, -0.2) is 35.9 Å². The summed E-state index contributed by atoms with van der Waals surface area (Å²) in [6, 6.07) is 10.0. The average molecular weight is 335 g/mol. The Kier molecular flexibility index (Phi) is 3.92. The van der Waals surface area contributed by atoms with Crippen molar-refractivity contribution < 1.29 is 9.21 Å². The predicted molar refractivity (Wildman–Crippen MR) is 97.9 cm³/mol. The van der Waals surface area contributed by atoms with E-state index in [1.54, 1.807) is 31.4 Å². The predicted octanol–water partition coefficient (Wildman–Crippen LogP) is 3.50. The third kappa shape index (κ3) is 2.97. The van der Waals surface area contributed by atoms with Gasteiger partial charge in [-0.2, -0.15) is 0 Å². The maximum Gasteiger partial charge on any atom is 0.253 e. The summed E-state index contributed by atoms with van der Waals surface area (Å²) in [5, 5.41) is 4.63. The second kappa shape index (κ2) is 6.24. The Balaban J connectivity index is 1.64. The summed E-state index contributed by atoms with van der Waals surface area (Å²) in [5.41, 5.74) is 3.87. The first-order chi connectivity index (χ1) is 12.1. The number of fused-ring (bicyclic) bond motifs is 3. The van der Waals surface area contributed by atoms with Crippen LogP contribution in [-0.2, 0) is 12.8 Å². The van der Waals surface area contributed by atoms with E-state index in [9.17, 15) is 4.79 Å². The lowest BCUT2D eigenvalue weighted by Crippen LogP contribution is -2.26. The van der Waals surface area contributed by atoms with Gasteiger partial charge < -0.3 is 14.6 Å². The number of nitrogens with one attached hydrogen (secondary N) is 1. The zero-order valence-corrected chi connectivity index (χ0v) is 14.5. The molecule has 0 saturated carbocycles. The number of hydrogen-bond acceptors (Lipinski definition) is 4. The Morgan fingerprint density at radius 3 is 2.80 bits per heavy atom. The van der Waals surface area contributed by atoms with E-state index >= 15 is 0 Å². The summed E-state index contributed by atoms with van der Waals surface area (Å²) in [4.78, 5) is 17.9. The minimum Gasteiger partial charge on any atom is -0.461 e. The molecule has 1 aliphatic carbocycles. The molecule has 1 N–H and O–H groups in total. The van der Waals surface area contributed by atoms with Crippen molar-refractivity contribution in [2.24, 2.45) is 0 Å². The number of aromatic nitrogens is 1. The Bertz CT molecular complexity index is 915. The summed E-state index contributed by atoms with van der Waals surface area (Å²) in [7, 11) is 3.54. The number of amides is 1. The molecule has 5 heteroatoms. The van der Waals surface area contributed by atoms with Crippen LogP contribution < -0.4 is 5.32 Å². The first kappa shape index (κ1) is 15.7. The highest BCUT2D eigenvalue weighted by Crippen LogP contribution is 2.33. The third-order valence-corrected chi connectivity index (χ3v) is 4.75. The molecule has 0 radical (unpaired) electrons. The maximum atomic E-state index is 12.3. The first-order valence-corrected chi connectivity index (χ1v) is 8.54. The Morgan fingerprint density at radius 1 is 1.24 bits per heavy atom. The van der Waals surface area contributed by atoms with Crippen molar-refractivity contribution in [3.63, 3.8) is 0 Å². The standard InChI is InChI=1S/C20H21N3O2/c1-23(2)20(24)13-3-5-18-16(11-13)17-12-15(4-6-19(17)25-18)22-14-7-9-21-10-8-14/h3,5,7-11,15H,4,6,12H2,1-2H3,(H,21,22). The highest BCUT2D eigenvalue weighted by atomic mass is 16.3. The van der Waals surface area contributed by atoms with Crippen LogP contribution in [0.5, 0.6) is 0 Å². The quantitative estimate of drug-likeness (QED) is 0.796. The lowest BCUT2D eigenvalue weighted by Gasteiger charge is -2.23. The van der Waals surface area contributed by atoms with Crippen LogP contribution >= 0.6 is 0 Å². The Morgan fingerprint density at radius 2 is 2.04 bits per heavy atom. The molecule has 2 heterocycles. The Hall–Kier alpha value is -2.82. The van der Waals surface area contributed by atoms with E-state index in [2.05, 4.69) is 10.3 Å². The van der Waals surface area contributed by atoms with Gasteiger partial charge in [0.15, 0.2) is 0 Å². The van der Waals surface area contributed by atoms with Gasteiger partial charge >= 0.3 is 0 Å². The van der Waals surface area contributed by atoms with E-state index in [0.29, 0.717) is 11.6 Å². The number of aryl methyl sites for hydroxylation is 1. The highest BCUT2D eigenvalue weighted by Gasteiger charge is 2.25. The monoisotopic (exact) mass is 335 g/mol. The van der Waals surface area contributed by atoms with Crippen molar-refractivity contribution in [3.05, 3.63) is 59.6 Å². The molecule has 128 valence electrons. The number of hydrogen-bond donors (Lipinski definition) is 1. The normalized spacial score (nSPS) is 16.5. The smallest absolute Gasteiger partial charge is 0.253 e. The van der Waals surface area contributed by atoms with E-state index in [4.69, 9.17) is 4.42 Å². The molecule has 5 nitrogen and oxygen atoms in total. The summed E-state index contributed by atoms with van der Waals surface area (Å²) in [6.07, 6.45) is 6.42. The molecular formula is C20H21N3O2. The van der Waals surface area contributed by atoms with Crippen molar-refractivity contribution in [1.82, 2.24) is 9.88 Å². The van der Waals surface area contributed by atoms with Gasteiger partial charge in [0, 0.05) is 61.2 Å². The number of anilines is 1. The molecule has 0 aliphatic heterocycles. The van der Waals surface area contributed by atoms with Gasteiger partial charge in [0.25, 0.3) is 5.91 Å². The van der Waals surface area contributed by atoms with Gasteiger partial charge in [0.1, 0.15) is 11.3 Å². The number of carbonyl (C=O) groups excluding carboxylic acids is 1. The summed E-state index contributed by atoms with van der Waals surface area (Å²) in [6.45, 7) is 0. The van der Waals surface area contributed by atoms with Crippen LogP contribution in [0, 0.1) is 0 Å². The lowest BCUT2D eigenvalue weighted by molar-refractivity contribution is 0.0828. The molecule has 0 fully saturated rings. The van der Waals surface area contributed by atoms with Crippen molar-refractivity contribution in [1.29, 1.82) is 0 Å². The molecule has 4 rings (SSSR count). The van der Waals surface area contributed by atoms with Crippen molar-refractivity contribution in [2.45, 2.75) is 25.3 Å². The molecule has 1 atom stereocenters. The molecule has 1 amide bonds. The van der Waals surface area contributed by atoms with Crippen LogP contribution in [0.3, 0.4) is 0 Å². The second-order valence-corrected chi connectivity index (χ2v) is 6.73. The van der Waals surface area contributed by atoms with Gasteiger partial charge in [-0.1, -0.05) is 0 Å². The van der Waals surface area contributed by atoms with Gasteiger partial charge in [-0.15, -0.1) is 0 Å². The van der Waals surface area contributed by atoms with Crippen molar-refractivity contribution in [3.8, 4) is 0 Å². The van der Waals surface area contributed by atoms with Crippen molar-refractivity contribution in [2.75, 3.05) is 19.4 Å². The van der Waals surface area contributed by atoms with Crippen molar-refractivity contribution >= 4 is 22.6 Å². The summed E-state index contributed by atoms with van der Waals surface area (Å²) in [5.74, 6) is 1.07. The van der Waals surface area contributed by atoms with E-state index in [0.717, 1.165) is 41.7 Å². The second-order valence-electron chi connectivity index (χ2n) is 6.73. The maximum absolute atomic E-state index is 12.3. The molecule has 0 bridgehead atoms. The SMILES string of the molecule is CN(C)C(=O)c1ccc2oc3c(c2c1)CC(Nc1ccncc1)CC3. The Labute approximate surface area is 146 Å². The number of benzene rings is 1. The molecule has 3 aromatic rings. The van der Waals surface area contributed by atoms with Crippen LogP contribution in [0.2, 0.25) is 0 Å². The van der Waals surface area contributed by atoms with Gasteiger partial charge in [-0.25, -0.2) is 0 Å². The minimum atomic E-state index is 0.0131.